The smallest absolute Gasteiger partial charge is 0.324 e. The molecule has 0 saturated carbocycles. The lowest BCUT2D eigenvalue weighted by molar-refractivity contribution is -0.380. The number of thiophene rings is 1. The molecular formula is C22H16N4O4S2. The van der Waals surface area contributed by atoms with Gasteiger partial charge in [0.15, 0.2) is 0 Å². The quantitative estimate of drug-likeness (QED) is 0.271. The fourth-order valence-corrected chi connectivity index (χ4v) is 5.31. The highest BCUT2D eigenvalue weighted by molar-refractivity contribution is 7.22. The summed E-state index contributed by atoms with van der Waals surface area (Å²) in [7, 11) is 1.61. The van der Waals surface area contributed by atoms with Crippen molar-refractivity contribution in [2.24, 2.45) is 0 Å². The Morgan fingerprint density at radius 3 is 2.66 bits per heavy atom. The van der Waals surface area contributed by atoms with E-state index in [4.69, 9.17) is 9.72 Å². The number of hydrogen-bond donors (Lipinski definition) is 1. The molecule has 0 saturated heterocycles. The zero-order valence-corrected chi connectivity index (χ0v) is 18.4. The summed E-state index contributed by atoms with van der Waals surface area (Å²) in [6.45, 7) is -0.0749. The lowest BCUT2D eigenvalue weighted by atomic mass is 10.2. The topological polar surface area (TPSA) is 103 Å². The van der Waals surface area contributed by atoms with Gasteiger partial charge in [0.25, 0.3) is 0 Å². The van der Waals surface area contributed by atoms with Crippen molar-refractivity contribution in [1.29, 1.82) is 0 Å². The molecule has 2 aromatic carbocycles. The number of imidazole rings is 1. The first-order chi connectivity index (χ1) is 15.6. The Labute approximate surface area is 190 Å². The van der Waals surface area contributed by atoms with Crippen LogP contribution in [0.25, 0.3) is 37.0 Å². The molecular weight excluding hydrogens is 448 g/mol. The van der Waals surface area contributed by atoms with Crippen LogP contribution in [0, 0.1) is 10.1 Å². The summed E-state index contributed by atoms with van der Waals surface area (Å²) in [4.78, 5) is 20.4. The first kappa shape index (κ1) is 20.3. The van der Waals surface area contributed by atoms with E-state index in [9.17, 15) is 15.2 Å². The minimum atomic E-state index is -0.389. The molecule has 3 heterocycles. The molecule has 5 aromatic rings. The average Bonchev–Trinajstić information content (AvgIpc) is 3.57. The fraction of sp³-hybridized carbons (Fsp3) is 0.0909. The maximum absolute atomic E-state index is 11.0. The number of methoxy groups -OCH3 is 1. The number of ether oxygens (including phenoxy) is 1. The lowest BCUT2D eigenvalue weighted by Crippen LogP contribution is -1.94. The molecule has 5 rings (SSSR count). The van der Waals surface area contributed by atoms with E-state index in [2.05, 4.69) is 4.98 Å². The Balaban J connectivity index is 1.49. The number of aromatic nitrogens is 3. The summed E-state index contributed by atoms with van der Waals surface area (Å²) < 4.78 is 8.29. The SMILES string of the molecule is COc1cc(CO)cc2nc(-c3ccc(-n4cncc4-c4ccc([N+](=O)[O-])s4)cc3)sc12. The average molecular weight is 465 g/mol. The van der Waals surface area contributed by atoms with Crippen molar-refractivity contribution < 1.29 is 14.8 Å². The second kappa shape index (κ2) is 8.15. The van der Waals surface area contributed by atoms with Gasteiger partial charge in [-0.15, -0.1) is 11.3 Å². The lowest BCUT2D eigenvalue weighted by Gasteiger charge is -2.07. The number of thiazole rings is 1. The number of aliphatic hydroxyl groups excluding tert-OH is 1. The highest BCUT2D eigenvalue weighted by Gasteiger charge is 2.16. The molecule has 8 nitrogen and oxygen atoms in total. The van der Waals surface area contributed by atoms with E-state index in [0.717, 1.165) is 53.9 Å². The zero-order valence-electron chi connectivity index (χ0n) is 16.8. The second-order valence-corrected chi connectivity index (χ2v) is 8.98. The van der Waals surface area contributed by atoms with Crippen LogP contribution in [0.5, 0.6) is 5.75 Å². The molecule has 0 aliphatic rings. The summed E-state index contributed by atoms with van der Waals surface area (Å²) in [5, 5.41) is 21.4. The number of benzene rings is 2. The third-order valence-electron chi connectivity index (χ3n) is 4.97. The van der Waals surface area contributed by atoms with E-state index in [1.54, 1.807) is 25.7 Å². The van der Waals surface area contributed by atoms with Gasteiger partial charge < -0.3 is 9.84 Å². The predicted molar refractivity (Wildman–Crippen MR) is 125 cm³/mol. The fourth-order valence-electron chi connectivity index (χ4n) is 3.44. The van der Waals surface area contributed by atoms with Crippen molar-refractivity contribution in [2.75, 3.05) is 7.11 Å². The van der Waals surface area contributed by atoms with Crippen molar-refractivity contribution in [3.8, 4) is 32.6 Å². The summed E-state index contributed by atoms with van der Waals surface area (Å²) in [6, 6.07) is 14.8. The van der Waals surface area contributed by atoms with Gasteiger partial charge in [-0.05, 0) is 48.0 Å². The number of nitro groups is 1. The number of hydrogen-bond acceptors (Lipinski definition) is 8. The van der Waals surface area contributed by atoms with Gasteiger partial charge in [-0.3, -0.25) is 14.7 Å². The Kier molecular flexibility index (Phi) is 5.17. The maximum Gasteiger partial charge on any atom is 0.324 e. The third kappa shape index (κ3) is 3.54. The molecule has 32 heavy (non-hydrogen) atoms. The van der Waals surface area contributed by atoms with Crippen LogP contribution >= 0.6 is 22.7 Å². The molecule has 0 bridgehead atoms. The van der Waals surface area contributed by atoms with E-state index >= 15 is 0 Å². The number of aliphatic hydroxyl groups is 1. The monoisotopic (exact) mass is 464 g/mol. The Hall–Kier alpha value is -3.60. The molecule has 0 fully saturated rings. The highest BCUT2D eigenvalue weighted by Crippen LogP contribution is 2.38. The Bertz CT molecular complexity index is 1440. The van der Waals surface area contributed by atoms with Gasteiger partial charge in [0.2, 0.25) is 0 Å². The Morgan fingerprint density at radius 1 is 1.16 bits per heavy atom. The van der Waals surface area contributed by atoms with Crippen molar-refractivity contribution in [3.05, 3.63) is 76.7 Å². The maximum atomic E-state index is 11.0. The van der Waals surface area contributed by atoms with Crippen molar-refractivity contribution in [3.63, 3.8) is 0 Å². The summed E-state index contributed by atoms with van der Waals surface area (Å²) in [5.74, 6) is 0.694. The molecule has 3 aromatic heterocycles. The zero-order chi connectivity index (χ0) is 22.2. The van der Waals surface area contributed by atoms with Gasteiger partial charge in [0.1, 0.15) is 10.8 Å². The standard InChI is InChI=1S/C22H16N4O4S2/c1-30-18-9-13(11-27)8-16-21(18)32-22(24-16)14-2-4-15(5-3-14)25-12-23-10-17(25)19-6-7-20(31-19)26(28)29/h2-10,12,27H,11H2,1H3. The normalized spacial score (nSPS) is 11.2. The summed E-state index contributed by atoms with van der Waals surface area (Å²) in [6.07, 6.45) is 3.39. The van der Waals surface area contributed by atoms with Crippen molar-refractivity contribution in [1.82, 2.24) is 14.5 Å². The molecule has 0 atom stereocenters. The van der Waals surface area contributed by atoms with E-state index in [-0.39, 0.29) is 16.5 Å². The Morgan fingerprint density at radius 2 is 1.97 bits per heavy atom. The molecule has 0 unspecified atom stereocenters. The largest absolute Gasteiger partial charge is 0.495 e. The van der Waals surface area contributed by atoms with Gasteiger partial charge in [0.05, 0.1) is 52.0 Å². The van der Waals surface area contributed by atoms with Gasteiger partial charge in [-0.2, -0.15) is 0 Å². The van der Waals surface area contributed by atoms with Gasteiger partial charge in [-0.1, -0.05) is 11.3 Å². The molecule has 1 N–H and O–H groups in total. The summed E-state index contributed by atoms with van der Waals surface area (Å²) >= 11 is 2.65. The molecule has 0 amide bonds. The molecule has 10 heteroatoms. The van der Waals surface area contributed by atoms with Crippen LogP contribution in [-0.2, 0) is 6.61 Å². The molecule has 0 radical (unpaired) electrons. The number of nitrogens with zero attached hydrogens (tertiary/aromatic N) is 4. The number of rotatable bonds is 6. The van der Waals surface area contributed by atoms with Crippen LogP contribution < -0.4 is 4.74 Å². The van der Waals surface area contributed by atoms with Crippen molar-refractivity contribution in [2.45, 2.75) is 6.61 Å². The van der Waals surface area contributed by atoms with Gasteiger partial charge in [-0.25, -0.2) is 9.97 Å². The second-order valence-electron chi connectivity index (χ2n) is 6.91. The number of fused-ring (bicyclic) bond motifs is 1. The van der Waals surface area contributed by atoms with Crippen LogP contribution in [0.15, 0.2) is 61.1 Å². The van der Waals surface area contributed by atoms with Crippen LogP contribution in [0.2, 0.25) is 0 Å². The van der Waals surface area contributed by atoms with E-state index < -0.39 is 0 Å². The molecule has 160 valence electrons. The van der Waals surface area contributed by atoms with Crippen LogP contribution in [0.4, 0.5) is 5.00 Å². The predicted octanol–water partition coefficient (Wildman–Crippen LogP) is 5.29. The molecule has 0 aliphatic carbocycles. The van der Waals surface area contributed by atoms with E-state index in [0.29, 0.717) is 5.75 Å². The minimum absolute atomic E-state index is 0.0749. The first-order valence-corrected chi connectivity index (χ1v) is 11.2. The van der Waals surface area contributed by atoms with Crippen molar-refractivity contribution >= 4 is 37.9 Å². The van der Waals surface area contributed by atoms with E-state index in [1.807, 2.05) is 41.0 Å². The third-order valence-corrected chi connectivity index (χ3v) is 7.17. The molecule has 0 spiro atoms. The van der Waals surface area contributed by atoms with Crippen LogP contribution in [-0.4, -0.2) is 31.7 Å². The minimum Gasteiger partial charge on any atom is -0.495 e. The highest BCUT2D eigenvalue weighted by atomic mass is 32.1. The first-order valence-electron chi connectivity index (χ1n) is 9.53. The van der Waals surface area contributed by atoms with Crippen LogP contribution in [0.3, 0.4) is 0 Å². The van der Waals surface area contributed by atoms with E-state index in [1.165, 1.54) is 17.4 Å². The summed E-state index contributed by atoms with van der Waals surface area (Å²) in [5.41, 5.74) is 4.17. The van der Waals surface area contributed by atoms with Crippen LogP contribution in [0.1, 0.15) is 5.56 Å². The van der Waals surface area contributed by atoms with Gasteiger partial charge >= 0.3 is 5.00 Å². The molecule has 0 aliphatic heterocycles. The van der Waals surface area contributed by atoms with Gasteiger partial charge in [0, 0.05) is 17.3 Å².